The maximum Gasteiger partial charge on any atom is 0.0527 e. The lowest BCUT2D eigenvalue weighted by Crippen LogP contribution is -2.33. The summed E-state index contributed by atoms with van der Waals surface area (Å²) in [7, 11) is 4.09. The van der Waals surface area contributed by atoms with Crippen molar-refractivity contribution in [2.45, 2.75) is 57.1 Å². The third-order valence-electron chi connectivity index (χ3n) is 2.47. The van der Waals surface area contributed by atoms with Gasteiger partial charge in [0.05, 0.1) is 6.10 Å². The van der Waals surface area contributed by atoms with Crippen molar-refractivity contribution in [3.63, 3.8) is 0 Å². The molecule has 0 bridgehead atoms. The van der Waals surface area contributed by atoms with Crippen molar-refractivity contribution in [2.24, 2.45) is 0 Å². The Hall–Kier alpha value is 0.500. The molecule has 0 aliphatic rings. The largest absolute Gasteiger partial charge is 0.393 e. The van der Waals surface area contributed by atoms with Crippen LogP contribution in [-0.4, -0.2) is 41.6 Å². The number of alkyl halides is 1. The van der Waals surface area contributed by atoms with Gasteiger partial charge in [-0.2, -0.15) is 0 Å². The van der Waals surface area contributed by atoms with E-state index in [0.29, 0.717) is 6.04 Å². The normalized spacial score (nSPS) is 17.0. The molecule has 4 heteroatoms. The van der Waals surface area contributed by atoms with Gasteiger partial charge < -0.3 is 10.0 Å². The molecule has 0 aromatic carbocycles. The van der Waals surface area contributed by atoms with Gasteiger partial charge in [-0.1, -0.05) is 13.3 Å². The van der Waals surface area contributed by atoms with Gasteiger partial charge in [0.2, 0.25) is 0 Å². The third kappa shape index (κ3) is 9.43. The minimum atomic E-state index is -0.243. The summed E-state index contributed by atoms with van der Waals surface area (Å²) < 4.78 is 0. The first kappa shape index (κ1) is 17.9. The van der Waals surface area contributed by atoms with E-state index in [1.807, 2.05) is 21.0 Å². The second-order valence-electron chi connectivity index (χ2n) is 4.32. The molecule has 94 valence electrons. The first-order valence-corrected chi connectivity index (χ1v) is 5.89. The van der Waals surface area contributed by atoms with E-state index < -0.39 is 0 Å². The quantitative estimate of drug-likeness (QED) is 0.710. The lowest BCUT2D eigenvalue weighted by Gasteiger charge is -2.27. The lowest BCUT2D eigenvalue weighted by molar-refractivity contribution is 0.133. The molecular formula is C11H25Cl2NO. The van der Waals surface area contributed by atoms with E-state index in [-0.39, 0.29) is 23.9 Å². The highest BCUT2D eigenvalue weighted by Gasteiger charge is 2.17. The molecule has 0 aliphatic carbocycles. The van der Waals surface area contributed by atoms with E-state index in [1.54, 1.807) is 0 Å². The Bertz CT molecular complexity index is 143. The van der Waals surface area contributed by atoms with Crippen LogP contribution < -0.4 is 0 Å². The summed E-state index contributed by atoms with van der Waals surface area (Å²) in [5.74, 6) is 0. The van der Waals surface area contributed by atoms with Crippen molar-refractivity contribution < 1.29 is 5.11 Å². The Balaban J connectivity index is 0. The maximum atomic E-state index is 9.34. The minimum absolute atomic E-state index is 0. The zero-order valence-corrected chi connectivity index (χ0v) is 11.8. The fourth-order valence-electron chi connectivity index (χ4n) is 1.64. The van der Waals surface area contributed by atoms with Crippen LogP contribution in [0.3, 0.4) is 0 Å². The Labute approximate surface area is 105 Å². The standard InChI is InChI=1S/C11H24ClNO.ClH/c1-5-6-10(12)8-11(13(3)4)7-9(2)14;/h9-11,14H,5-8H2,1-4H3;1H. The summed E-state index contributed by atoms with van der Waals surface area (Å²) in [5, 5.41) is 9.59. The number of aliphatic hydroxyl groups excluding tert-OH is 1. The van der Waals surface area contributed by atoms with E-state index in [0.717, 1.165) is 25.7 Å². The van der Waals surface area contributed by atoms with Crippen LogP contribution in [0.2, 0.25) is 0 Å². The number of nitrogens with zero attached hydrogens (tertiary/aromatic N) is 1. The molecule has 0 heterocycles. The van der Waals surface area contributed by atoms with Gasteiger partial charge in [0.25, 0.3) is 0 Å². The average Bonchev–Trinajstić information content (AvgIpc) is 2.02. The van der Waals surface area contributed by atoms with E-state index in [4.69, 9.17) is 11.6 Å². The van der Waals surface area contributed by atoms with Crippen molar-refractivity contribution in [2.75, 3.05) is 14.1 Å². The molecule has 3 atom stereocenters. The summed E-state index contributed by atoms with van der Waals surface area (Å²) in [4.78, 5) is 2.15. The molecule has 0 saturated carbocycles. The van der Waals surface area contributed by atoms with Crippen molar-refractivity contribution in [3.8, 4) is 0 Å². The van der Waals surface area contributed by atoms with Crippen LogP contribution in [0, 0.1) is 0 Å². The third-order valence-corrected chi connectivity index (χ3v) is 2.87. The van der Waals surface area contributed by atoms with Gasteiger partial charge in [0.15, 0.2) is 0 Å². The van der Waals surface area contributed by atoms with Crippen molar-refractivity contribution >= 4 is 24.0 Å². The van der Waals surface area contributed by atoms with Crippen LogP contribution in [0.5, 0.6) is 0 Å². The fourth-order valence-corrected chi connectivity index (χ4v) is 2.06. The highest BCUT2D eigenvalue weighted by atomic mass is 35.5. The summed E-state index contributed by atoms with van der Waals surface area (Å²) in [6.45, 7) is 3.98. The van der Waals surface area contributed by atoms with E-state index >= 15 is 0 Å². The van der Waals surface area contributed by atoms with Gasteiger partial charge >= 0.3 is 0 Å². The molecule has 0 fully saturated rings. The molecule has 0 amide bonds. The predicted molar refractivity (Wildman–Crippen MR) is 70.2 cm³/mol. The Morgan fingerprint density at radius 3 is 2.13 bits per heavy atom. The molecule has 1 N–H and O–H groups in total. The molecule has 15 heavy (non-hydrogen) atoms. The van der Waals surface area contributed by atoms with Crippen LogP contribution in [0.1, 0.15) is 39.5 Å². The van der Waals surface area contributed by atoms with Crippen LogP contribution in [0.15, 0.2) is 0 Å². The number of rotatable bonds is 7. The van der Waals surface area contributed by atoms with Crippen molar-refractivity contribution in [1.29, 1.82) is 0 Å². The Morgan fingerprint density at radius 2 is 1.80 bits per heavy atom. The van der Waals surface area contributed by atoms with Gasteiger partial charge in [0.1, 0.15) is 0 Å². The van der Waals surface area contributed by atoms with Crippen LogP contribution in [0.25, 0.3) is 0 Å². The number of aliphatic hydroxyl groups is 1. The molecule has 0 aromatic heterocycles. The molecular weight excluding hydrogens is 233 g/mol. The topological polar surface area (TPSA) is 23.5 Å². The molecule has 0 spiro atoms. The molecule has 2 nitrogen and oxygen atoms in total. The monoisotopic (exact) mass is 257 g/mol. The zero-order chi connectivity index (χ0) is 11.1. The highest BCUT2D eigenvalue weighted by Crippen LogP contribution is 2.17. The first-order chi connectivity index (χ1) is 6.47. The van der Waals surface area contributed by atoms with Crippen LogP contribution in [-0.2, 0) is 0 Å². The van der Waals surface area contributed by atoms with Gasteiger partial charge in [-0.05, 0) is 40.3 Å². The van der Waals surface area contributed by atoms with Crippen LogP contribution >= 0.6 is 24.0 Å². The zero-order valence-electron chi connectivity index (χ0n) is 10.2. The SMILES string of the molecule is CCCC(Cl)CC(CC(C)O)N(C)C.Cl. The summed E-state index contributed by atoms with van der Waals surface area (Å²) in [6.07, 6.45) is 3.72. The smallest absolute Gasteiger partial charge is 0.0527 e. The lowest BCUT2D eigenvalue weighted by atomic mass is 10.0. The van der Waals surface area contributed by atoms with E-state index in [1.165, 1.54) is 0 Å². The van der Waals surface area contributed by atoms with Crippen molar-refractivity contribution in [3.05, 3.63) is 0 Å². The Morgan fingerprint density at radius 1 is 1.27 bits per heavy atom. The molecule has 0 saturated heterocycles. The molecule has 0 rings (SSSR count). The summed E-state index contributed by atoms with van der Waals surface area (Å²) >= 11 is 6.19. The first-order valence-electron chi connectivity index (χ1n) is 5.45. The van der Waals surface area contributed by atoms with Crippen LogP contribution in [0.4, 0.5) is 0 Å². The van der Waals surface area contributed by atoms with Gasteiger partial charge in [-0.3, -0.25) is 0 Å². The number of hydrogen-bond donors (Lipinski definition) is 1. The molecule has 3 unspecified atom stereocenters. The van der Waals surface area contributed by atoms with Gasteiger partial charge in [0, 0.05) is 11.4 Å². The molecule has 0 aromatic rings. The molecule has 0 radical (unpaired) electrons. The highest BCUT2D eigenvalue weighted by molar-refractivity contribution is 6.20. The summed E-state index contributed by atoms with van der Waals surface area (Å²) in [5.41, 5.74) is 0. The second kappa shape index (κ2) is 9.71. The number of hydrogen-bond acceptors (Lipinski definition) is 2. The van der Waals surface area contributed by atoms with Gasteiger partial charge in [-0.15, -0.1) is 24.0 Å². The van der Waals surface area contributed by atoms with E-state index in [9.17, 15) is 5.11 Å². The van der Waals surface area contributed by atoms with Gasteiger partial charge in [-0.25, -0.2) is 0 Å². The van der Waals surface area contributed by atoms with Crippen molar-refractivity contribution in [1.82, 2.24) is 4.90 Å². The maximum absolute atomic E-state index is 9.34. The second-order valence-corrected chi connectivity index (χ2v) is 4.94. The van der Waals surface area contributed by atoms with E-state index in [2.05, 4.69) is 11.8 Å². The Kier molecular flexibility index (Phi) is 11.6. The predicted octanol–water partition coefficient (Wildman–Crippen LogP) is 2.91. The average molecular weight is 258 g/mol. The molecule has 0 aliphatic heterocycles. The minimum Gasteiger partial charge on any atom is -0.393 e. The summed E-state index contributed by atoms with van der Waals surface area (Å²) in [6, 6.07) is 0.393. The fraction of sp³-hybridized carbons (Fsp3) is 1.00. The number of halogens is 2.